The summed E-state index contributed by atoms with van der Waals surface area (Å²) in [5.74, 6) is -0.408. The number of rotatable bonds is 7. The maximum Gasteiger partial charge on any atom is 0.258 e. The van der Waals surface area contributed by atoms with Gasteiger partial charge in [0.05, 0.1) is 18.1 Å². The molecule has 2 aromatic carbocycles. The molecule has 0 saturated carbocycles. The van der Waals surface area contributed by atoms with Crippen LogP contribution in [0.15, 0.2) is 42.5 Å². The Morgan fingerprint density at radius 1 is 1.12 bits per heavy atom. The van der Waals surface area contributed by atoms with E-state index in [1.165, 1.54) is 43.6 Å². The van der Waals surface area contributed by atoms with E-state index in [4.69, 9.17) is 16.3 Å². The number of likely N-dealkylation sites (tertiary alicyclic amines) is 1. The maximum atomic E-state index is 13.0. The van der Waals surface area contributed by atoms with Crippen LogP contribution in [0.2, 0.25) is 5.02 Å². The van der Waals surface area contributed by atoms with E-state index in [0.717, 1.165) is 18.2 Å². The SMILES string of the molecule is O=C(COc1ccc(F)cc1Cl)NCc1ccc(C[NH+]2CCCC2)cc1. The maximum absolute atomic E-state index is 13.0. The van der Waals surface area contributed by atoms with Gasteiger partial charge in [0, 0.05) is 24.9 Å². The number of hydrogen-bond acceptors (Lipinski definition) is 2. The summed E-state index contributed by atoms with van der Waals surface area (Å²) in [7, 11) is 0. The molecule has 1 aliphatic heterocycles. The first kappa shape index (κ1) is 18.7. The van der Waals surface area contributed by atoms with Crippen LogP contribution in [0.3, 0.4) is 0 Å². The molecule has 2 aromatic rings. The molecule has 0 atom stereocenters. The molecular formula is C20H23ClFN2O2+. The Hall–Kier alpha value is -2.11. The lowest BCUT2D eigenvalue weighted by molar-refractivity contribution is -0.901. The first-order chi connectivity index (χ1) is 12.6. The second-order valence-corrected chi connectivity index (χ2v) is 7.00. The number of nitrogens with one attached hydrogen (secondary N) is 2. The number of hydrogen-bond donors (Lipinski definition) is 2. The van der Waals surface area contributed by atoms with Crippen molar-refractivity contribution >= 4 is 17.5 Å². The molecule has 138 valence electrons. The van der Waals surface area contributed by atoms with Crippen LogP contribution in [0, 0.1) is 5.82 Å². The second kappa shape index (κ2) is 9.01. The standard InChI is InChI=1S/C20H22ClFN2O2/c21-18-11-17(22)7-8-19(18)26-14-20(25)23-12-15-3-5-16(6-4-15)13-24-9-1-2-10-24/h3-8,11H,1-2,9-10,12-14H2,(H,23,25)/p+1. The Labute approximate surface area is 157 Å². The van der Waals surface area contributed by atoms with Crippen molar-refractivity contribution in [1.82, 2.24) is 5.32 Å². The van der Waals surface area contributed by atoms with Gasteiger partial charge in [-0.1, -0.05) is 35.9 Å². The number of carbonyl (C=O) groups excluding carboxylic acids is 1. The third-order valence-electron chi connectivity index (χ3n) is 4.53. The van der Waals surface area contributed by atoms with Gasteiger partial charge in [0.15, 0.2) is 6.61 Å². The van der Waals surface area contributed by atoms with E-state index < -0.39 is 5.82 Å². The zero-order chi connectivity index (χ0) is 18.4. The number of carbonyl (C=O) groups is 1. The number of benzene rings is 2. The van der Waals surface area contributed by atoms with Crippen molar-refractivity contribution < 1.29 is 18.8 Å². The van der Waals surface area contributed by atoms with E-state index in [1.807, 2.05) is 12.1 Å². The molecule has 1 amide bonds. The molecule has 2 N–H and O–H groups in total. The van der Waals surface area contributed by atoms with Crippen LogP contribution in [-0.2, 0) is 17.9 Å². The highest BCUT2D eigenvalue weighted by molar-refractivity contribution is 6.32. The normalized spacial score (nSPS) is 14.4. The van der Waals surface area contributed by atoms with Crippen molar-refractivity contribution in [3.63, 3.8) is 0 Å². The quantitative estimate of drug-likeness (QED) is 0.778. The highest BCUT2D eigenvalue weighted by atomic mass is 35.5. The molecule has 1 saturated heterocycles. The minimum absolute atomic E-state index is 0.147. The minimum Gasteiger partial charge on any atom is -0.482 e. The predicted octanol–water partition coefficient (Wildman–Crippen LogP) is 2.35. The van der Waals surface area contributed by atoms with Crippen LogP contribution in [0.1, 0.15) is 24.0 Å². The molecule has 0 aliphatic carbocycles. The van der Waals surface area contributed by atoms with Crippen LogP contribution in [0.4, 0.5) is 4.39 Å². The summed E-state index contributed by atoms with van der Waals surface area (Å²) in [6.45, 7) is 3.86. The van der Waals surface area contributed by atoms with Gasteiger partial charge in [-0.15, -0.1) is 0 Å². The number of amides is 1. The average Bonchev–Trinajstić information content (AvgIpc) is 3.13. The van der Waals surface area contributed by atoms with E-state index in [9.17, 15) is 9.18 Å². The molecule has 3 rings (SSSR count). The van der Waals surface area contributed by atoms with Gasteiger partial charge in [0.25, 0.3) is 5.91 Å². The fourth-order valence-electron chi connectivity index (χ4n) is 3.10. The molecule has 4 nitrogen and oxygen atoms in total. The Balaban J connectivity index is 1.42. The van der Waals surface area contributed by atoms with Gasteiger partial charge in [-0.3, -0.25) is 4.79 Å². The van der Waals surface area contributed by atoms with Crippen LogP contribution < -0.4 is 15.0 Å². The summed E-state index contributed by atoms with van der Waals surface area (Å²) in [5, 5.41) is 2.95. The predicted molar refractivity (Wildman–Crippen MR) is 98.8 cm³/mol. The first-order valence-corrected chi connectivity index (χ1v) is 9.24. The summed E-state index contributed by atoms with van der Waals surface area (Å²) >= 11 is 5.86. The van der Waals surface area contributed by atoms with Crippen molar-refractivity contribution in [2.75, 3.05) is 19.7 Å². The molecule has 6 heteroatoms. The van der Waals surface area contributed by atoms with Gasteiger partial charge in [-0.05, 0) is 23.8 Å². The molecule has 1 aliphatic rings. The van der Waals surface area contributed by atoms with E-state index in [-0.39, 0.29) is 23.3 Å². The monoisotopic (exact) mass is 377 g/mol. The van der Waals surface area contributed by atoms with Crippen molar-refractivity contribution in [2.45, 2.75) is 25.9 Å². The van der Waals surface area contributed by atoms with Gasteiger partial charge in [0.1, 0.15) is 18.1 Å². The van der Waals surface area contributed by atoms with Crippen LogP contribution >= 0.6 is 11.6 Å². The molecule has 0 unspecified atom stereocenters. The summed E-state index contributed by atoms with van der Waals surface area (Å²) < 4.78 is 18.3. The fourth-order valence-corrected chi connectivity index (χ4v) is 3.32. The van der Waals surface area contributed by atoms with E-state index in [1.54, 1.807) is 4.90 Å². The molecule has 26 heavy (non-hydrogen) atoms. The summed E-state index contributed by atoms with van der Waals surface area (Å²) in [6.07, 6.45) is 2.65. The molecule has 0 radical (unpaired) electrons. The lowest BCUT2D eigenvalue weighted by Crippen LogP contribution is -3.08. The summed E-state index contributed by atoms with van der Waals surface area (Å²) in [5.41, 5.74) is 2.37. The molecule has 1 fully saturated rings. The fraction of sp³-hybridized carbons (Fsp3) is 0.350. The van der Waals surface area contributed by atoms with Crippen LogP contribution in [-0.4, -0.2) is 25.6 Å². The number of ether oxygens (including phenoxy) is 1. The summed E-state index contributed by atoms with van der Waals surface area (Å²) in [4.78, 5) is 13.5. The minimum atomic E-state index is -0.443. The Kier molecular flexibility index (Phi) is 6.47. The molecule has 0 spiro atoms. The van der Waals surface area contributed by atoms with Crippen molar-refractivity contribution in [3.8, 4) is 5.75 Å². The van der Waals surface area contributed by atoms with Gasteiger partial charge in [0.2, 0.25) is 0 Å². The smallest absolute Gasteiger partial charge is 0.258 e. The van der Waals surface area contributed by atoms with Crippen molar-refractivity contribution in [1.29, 1.82) is 0 Å². The molecule has 0 bridgehead atoms. The van der Waals surface area contributed by atoms with Crippen molar-refractivity contribution in [3.05, 3.63) is 64.4 Å². The highest BCUT2D eigenvalue weighted by Crippen LogP contribution is 2.24. The lowest BCUT2D eigenvalue weighted by atomic mass is 10.1. The van der Waals surface area contributed by atoms with Gasteiger partial charge in [-0.25, -0.2) is 4.39 Å². The average molecular weight is 378 g/mol. The first-order valence-electron chi connectivity index (χ1n) is 8.86. The molecular weight excluding hydrogens is 355 g/mol. The number of quaternary nitrogens is 1. The van der Waals surface area contributed by atoms with E-state index >= 15 is 0 Å². The highest BCUT2D eigenvalue weighted by Gasteiger charge is 2.15. The van der Waals surface area contributed by atoms with E-state index in [2.05, 4.69) is 17.4 Å². The van der Waals surface area contributed by atoms with Gasteiger partial charge >= 0.3 is 0 Å². The van der Waals surface area contributed by atoms with Gasteiger partial charge in [-0.2, -0.15) is 0 Å². The van der Waals surface area contributed by atoms with Crippen LogP contribution in [0.5, 0.6) is 5.75 Å². The van der Waals surface area contributed by atoms with Crippen molar-refractivity contribution in [2.24, 2.45) is 0 Å². The van der Waals surface area contributed by atoms with Crippen LogP contribution in [0.25, 0.3) is 0 Å². The molecule has 0 aromatic heterocycles. The third kappa shape index (κ3) is 5.44. The zero-order valence-corrected chi connectivity index (χ0v) is 15.3. The second-order valence-electron chi connectivity index (χ2n) is 6.59. The Morgan fingerprint density at radius 2 is 1.81 bits per heavy atom. The third-order valence-corrected chi connectivity index (χ3v) is 4.83. The van der Waals surface area contributed by atoms with Gasteiger partial charge < -0.3 is 15.0 Å². The Bertz CT molecular complexity index is 746. The summed E-state index contributed by atoms with van der Waals surface area (Å²) in [6, 6.07) is 12.1. The lowest BCUT2D eigenvalue weighted by Gasteiger charge is -2.12. The Morgan fingerprint density at radius 3 is 2.50 bits per heavy atom. The largest absolute Gasteiger partial charge is 0.482 e. The zero-order valence-electron chi connectivity index (χ0n) is 14.6. The topological polar surface area (TPSA) is 42.8 Å². The van der Waals surface area contributed by atoms with E-state index in [0.29, 0.717) is 6.54 Å². The molecule has 1 heterocycles. The number of halogens is 2.